The van der Waals surface area contributed by atoms with Crippen molar-refractivity contribution in [3.63, 3.8) is 0 Å². The quantitative estimate of drug-likeness (QED) is 0.452. The number of benzene rings is 2. The molecule has 25 heavy (non-hydrogen) atoms. The Kier molecular flexibility index (Phi) is 6.01. The third kappa shape index (κ3) is 5.32. The van der Waals surface area contributed by atoms with Gasteiger partial charge in [0.05, 0.1) is 16.8 Å². The second-order valence-corrected chi connectivity index (χ2v) is 5.81. The van der Waals surface area contributed by atoms with Gasteiger partial charge in [-0.1, -0.05) is 18.2 Å². The lowest BCUT2D eigenvalue weighted by atomic mass is 10.2. The van der Waals surface area contributed by atoms with Crippen molar-refractivity contribution in [3.8, 4) is 11.5 Å². The summed E-state index contributed by atoms with van der Waals surface area (Å²) in [5.41, 5.74) is 3.12. The van der Waals surface area contributed by atoms with E-state index in [1.54, 1.807) is 29.8 Å². The normalized spacial score (nSPS) is 10.2. The molecule has 1 aromatic heterocycles. The monoisotopic (exact) mass is 355 g/mol. The van der Waals surface area contributed by atoms with Crippen molar-refractivity contribution >= 4 is 17.3 Å². The van der Waals surface area contributed by atoms with Crippen LogP contribution in [-0.4, -0.2) is 24.2 Å². The second-order valence-electron chi connectivity index (χ2n) is 5.09. The molecule has 3 rings (SSSR count). The van der Waals surface area contributed by atoms with E-state index in [1.807, 2.05) is 35.7 Å². The average Bonchev–Trinajstić information content (AvgIpc) is 3.18. The molecule has 0 unspecified atom stereocenters. The van der Waals surface area contributed by atoms with Crippen LogP contribution in [0.25, 0.3) is 0 Å². The Morgan fingerprint density at radius 1 is 0.920 bits per heavy atom. The van der Waals surface area contributed by atoms with Gasteiger partial charge < -0.3 is 14.2 Å². The molecule has 0 aliphatic rings. The maximum Gasteiger partial charge on any atom is 0.338 e. The first-order valence-corrected chi connectivity index (χ1v) is 8.70. The molecule has 0 bridgehead atoms. The summed E-state index contributed by atoms with van der Waals surface area (Å²) < 4.78 is 16.3. The van der Waals surface area contributed by atoms with E-state index in [-0.39, 0.29) is 12.6 Å². The van der Waals surface area contributed by atoms with Crippen LogP contribution in [0.15, 0.2) is 65.5 Å². The Labute approximate surface area is 149 Å². The number of aromatic nitrogens is 1. The van der Waals surface area contributed by atoms with Crippen LogP contribution in [0.2, 0.25) is 0 Å². The SMILES string of the molecule is O=C(OCCOc1ccccc1)c1ccc(OCc2cscn2)cc1. The number of rotatable bonds is 8. The van der Waals surface area contributed by atoms with E-state index >= 15 is 0 Å². The lowest BCUT2D eigenvalue weighted by molar-refractivity contribution is 0.0450. The molecule has 1 heterocycles. The van der Waals surface area contributed by atoms with Gasteiger partial charge in [0.1, 0.15) is 31.3 Å². The van der Waals surface area contributed by atoms with Crippen LogP contribution in [0, 0.1) is 0 Å². The molecule has 0 amide bonds. The predicted molar refractivity (Wildman–Crippen MR) is 95.1 cm³/mol. The predicted octanol–water partition coefficient (Wildman–Crippen LogP) is 3.96. The molecule has 128 valence electrons. The Morgan fingerprint density at radius 2 is 1.68 bits per heavy atom. The van der Waals surface area contributed by atoms with Crippen LogP contribution < -0.4 is 9.47 Å². The molecule has 5 nitrogen and oxygen atoms in total. The first-order chi connectivity index (χ1) is 12.3. The standard InChI is InChI=1S/C19H17NO4S/c21-19(23-11-10-22-17-4-2-1-3-5-17)15-6-8-18(9-7-15)24-12-16-13-25-14-20-16/h1-9,13-14H,10-12H2. The van der Waals surface area contributed by atoms with Crippen LogP contribution in [0.5, 0.6) is 11.5 Å². The van der Waals surface area contributed by atoms with E-state index in [4.69, 9.17) is 14.2 Å². The van der Waals surface area contributed by atoms with E-state index in [0.29, 0.717) is 24.5 Å². The Morgan fingerprint density at radius 3 is 2.40 bits per heavy atom. The third-order valence-corrected chi connectivity index (χ3v) is 3.92. The van der Waals surface area contributed by atoms with Crippen molar-refractivity contribution in [2.75, 3.05) is 13.2 Å². The van der Waals surface area contributed by atoms with Crippen LogP contribution in [0.4, 0.5) is 0 Å². The maximum atomic E-state index is 12.0. The Hall–Kier alpha value is -2.86. The molecule has 0 N–H and O–H groups in total. The van der Waals surface area contributed by atoms with Gasteiger partial charge in [-0.25, -0.2) is 9.78 Å². The van der Waals surface area contributed by atoms with Crippen molar-refractivity contribution in [2.45, 2.75) is 6.61 Å². The molecule has 0 aliphatic carbocycles. The number of thiazole rings is 1. The topological polar surface area (TPSA) is 57.7 Å². The van der Waals surface area contributed by atoms with Gasteiger partial charge >= 0.3 is 5.97 Å². The van der Waals surface area contributed by atoms with E-state index in [1.165, 1.54) is 11.3 Å². The summed E-state index contributed by atoms with van der Waals surface area (Å²) in [5, 5.41) is 1.93. The molecular formula is C19H17NO4S. The van der Waals surface area contributed by atoms with Crippen molar-refractivity contribution in [3.05, 3.63) is 76.7 Å². The largest absolute Gasteiger partial charge is 0.490 e. The smallest absolute Gasteiger partial charge is 0.338 e. The van der Waals surface area contributed by atoms with Gasteiger partial charge in [0.15, 0.2) is 0 Å². The summed E-state index contributed by atoms with van der Waals surface area (Å²) in [6, 6.07) is 16.2. The molecule has 0 fully saturated rings. The number of esters is 1. The van der Waals surface area contributed by atoms with Crippen LogP contribution in [0.1, 0.15) is 16.1 Å². The molecule has 0 radical (unpaired) electrons. The van der Waals surface area contributed by atoms with Crippen molar-refractivity contribution in [1.29, 1.82) is 0 Å². The minimum Gasteiger partial charge on any atom is -0.490 e. The minimum atomic E-state index is -0.386. The zero-order chi connectivity index (χ0) is 17.3. The zero-order valence-corrected chi connectivity index (χ0v) is 14.3. The lowest BCUT2D eigenvalue weighted by Gasteiger charge is -2.08. The highest BCUT2D eigenvalue weighted by atomic mass is 32.1. The van der Waals surface area contributed by atoms with E-state index in [9.17, 15) is 4.79 Å². The van der Waals surface area contributed by atoms with Crippen LogP contribution >= 0.6 is 11.3 Å². The molecule has 0 atom stereocenters. The summed E-state index contributed by atoms with van der Waals surface area (Å²) >= 11 is 1.53. The first kappa shape index (κ1) is 17.0. The summed E-state index contributed by atoms with van der Waals surface area (Å²) in [6.07, 6.45) is 0. The van der Waals surface area contributed by atoms with Crippen LogP contribution in [0.3, 0.4) is 0 Å². The molecule has 3 aromatic rings. The van der Waals surface area contributed by atoms with Crippen molar-refractivity contribution < 1.29 is 19.0 Å². The highest BCUT2D eigenvalue weighted by molar-refractivity contribution is 7.07. The van der Waals surface area contributed by atoms with Gasteiger partial charge in [0, 0.05) is 5.38 Å². The average molecular weight is 355 g/mol. The van der Waals surface area contributed by atoms with Crippen molar-refractivity contribution in [1.82, 2.24) is 4.98 Å². The highest BCUT2D eigenvalue weighted by Gasteiger charge is 2.07. The number of ether oxygens (including phenoxy) is 3. The second kappa shape index (κ2) is 8.84. The Bertz CT molecular complexity index is 773. The fourth-order valence-electron chi connectivity index (χ4n) is 2.05. The number of carbonyl (C=O) groups is 1. The van der Waals surface area contributed by atoms with Crippen LogP contribution in [-0.2, 0) is 11.3 Å². The Balaban J connectivity index is 1.41. The highest BCUT2D eigenvalue weighted by Crippen LogP contribution is 2.15. The van der Waals surface area contributed by atoms with Gasteiger partial charge in [-0.2, -0.15) is 0 Å². The molecule has 0 saturated heterocycles. The van der Waals surface area contributed by atoms with Gasteiger partial charge in [0.2, 0.25) is 0 Å². The number of hydrogen-bond donors (Lipinski definition) is 0. The lowest BCUT2D eigenvalue weighted by Crippen LogP contribution is -2.12. The molecule has 0 aliphatic heterocycles. The zero-order valence-electron chi connectivity index (χ0n) is 13.5. The maximum absolute atomic E-state index is 12.0. The van der Waals surface area contributed by atoms with E-state index in [0.717, 1.165) is 11.4 Å². The summed E-state index contributed by atoms with van der Waals surface area (Å²) in [5.74, 6) is 1.04. The summed E-state index contributed by atoms with van der Waals surface area (Å²) in [6.45, 7) is 0.907. The number of para-hydroxylation sites is 1. The number of hydrogen-bond acceptors (Lipinski definition) is 6. The molecule has 0 spiro atoms. The van der Waals surface area contributed by atoms with Gasteiger partial charge in [-0.05, 0) is 36.4 Å². The van der Waals surface area contributed by atoms with Crippen molar-refractivity contribution in [2.24, 2.45) is 0 Å². The number of nitrogens with zero attached hydrogens (tertiary/aromatic N) is 1. The fraction of sp³-hybridized carbons (Fsp3) is 0.158. The van der Waals surface area contributed by atoms with E-state index < -0.39 is 0 Å². The molecule has 0 saturated carbocycles. The molecule has 6 heteroatoms. The van der Waals surface area contributed by atoms with E-state index in [2.05, 4.69) is 4.98 Å². The minimum absolute atomic E-state index is 0.190. The molecular weight excluding hydrogens is 338 g/mol. The van der Waals surface area contributed by atoms with Gasteiger partial charge in [-0.3, -0.25) is 0 Å². The molecule has 2 aromatic carbocycles. The van der Waals surface area contributed by atoms with Gasteiger partial charge in [-0.15, -0.1) is 11.3 Å². The summed E-state index contributed by atoms with van der Waals surface area (Å²) in [7, 11) is 0. The third-order valence-electron chi connectivity index (χ3n) is 3.29. The van der Waals surface area contributed by atoms with Gasteiger partial charge in [0.25, 0.3) is 0 Å². The first-order valence-electron chi connectivity index (χ1n) is 7.76. The number of carbonyl (C=O) groups excluding carboxylic acids is 1. The fourth-order valence-corrected chi connectivity index (χ4v) is 2.59. The summed E-state index contributed by atoms with van der Waals surface area (Å²) in [4.78, 5) is 16.1.